The minimum absolute atomic E-state index is 0.138. The fourth-order valence-corrected chi connectivity index (χ4v) is 5.80. The lowest BCUT2D eigenvalue weighted by Gasteiger charge is -2.30. The van der Waals surface area contributed by atoms with Crippen LogP contribution in [0.3, 0.4) is 0 Å². The van der Waals surface area contributed by atoms with E-state index in [-0.39, 0.29) is 48.2 Å². The number of primary amides is 1. The van der Waals surface area contributed by atoms with Crippen molar-refractivity contribution in [1.29, 1.82) is 0 Å². The molecule has 2 aliphatic rings. The molecule has 13 heteroatoms. The molecule has 1 atom stereocenters. The summed E-state index contributed by atoms with van der Waals surface area (Å²) in [5.41, 5.74) is 4.82. The molecule has 2 aliphatic carbocycles. The number of nitrogens with one attached hydrogen (secondary N) is 1. The minimum Gasteiger partial charge on any atom is -0.491 e. The highest BCUT2D eigenvalue weighted by atomic mass is 35.5. The number of amides is 2. The number of alkyl halides is 3. The van der Waals surface area contributed by atoms with E-state index in [4.69, 9.17) is 27.1 Å². The van der Waals surface area contributed by atoms with E-state index in [1.54, 1.807) is 13.0 Å². The van der Waals surface area contributed by atoms with Crippen molar-refractivity contribution in [2.75, 3.05) is 13.2 Å². The lowest BCUT2D eigenvalue weighted by molar-refractivity contribution is -0.137. The highest BCUT2D eigenvalue weighted by Crippen LogP contribution is 2.47. The number of ether oxygens (including phenoxy) is 1. The first kappa shape index (κ1) is 30.8. The number of rotatable bonds is 11. The summed E-state index contributed by atoms with van der Waals surface area (Å²) >= 11 is 6.47. The monoisotopic (exact) mass is 641 g/mol. The van der Waals surface area contributed by atoms with Gasteiger partial charge < -0.3 is 20.9 Å². The fraction of sp³-hybridized carbons (Fsp3) is 0.375. The second-order valence-corrected chi connectivity index (χ2v) is 12.0. The maximum atomic E-state index is 13.4. The summed E-state index contributed by atoms with van der Waals surface area (Å²) in [6.07, 6.45) is 0.451. The first-order valence-corrected chi connectivity index (χ1v) is 15.1. The lowest BCUT2D eigenvalue weighted by Crippen LogP contribution is -2.43. The summed E-state index contributed by atoms with van der Waals surface area (Å²) in [6.45, 7) is 1.67. The predicted octanol–water partition coefficient (Wildman–Crippen LogP) is 5.56. The first-order valence-electron chi connectivity index (χ1n) is 14.7. The molecule has 0 bridgehead atoms. The summed E-state index contributed by atoms with van der Waals surface area (Å²) in [6, 6.07) is 9.46. The Hall–Kier alpha value is -4.16. The molecule has 2 heterocycles. The van der Waals surface area contributed by atoms with Gasteiger partial charge >= 0.3 is 6.18 Å². The molecule has 6 rings (SSSR count). The predicted molar refractivity (Wildman–Crippen MR) is 161 cm³/mol. The molecular formula is C32H31ClF3N5O4. The molecule has 2 saturated carbocycles. The Balaban J connectivity index is 1.35. The van der Waals surface area contributed by atoms with Gasteiger partial charge in [-0.05, 0) is 68.9 Å². The number of benzene rings is 2. The maximum absolute atomic E-state index is 13.4. The van der Waals surface area contributed by atoms with Crippen molar-refractivity contribution in [2.24, 2.45) is 11.7 Å². The largest absolute Gasteiger partial charge is 0.491 e. The van der Waals surface area contributed by atoms with Gasteiger partial charge in [-0.15, -0.1) is 0 Å². The fourth-order valence-electron chi connectivity index (χ4n) is 5.54. The molecule has 4 N–H and O–H groups in total. The van der Waals surface area contributed by atoms with Crippen LogP contribution in [0.25, 0.3) is 22.2 Å². The lowest BCUT2D eigenvalue weighted by atomic mass is 9.90. The highest BCUT2D eigenvalue weighted by Gasteiger charge is 2.47. The average molecular weight is 642 g/mol. The number of halogens is 4. The van der Waals surface area contributed by atoms with Crippen LogP contribution in [0.1, 0.15) is 65.8 Å². The number of pyridine rings is 1. The van der Waals surface area contributed by atoms with Crippen molar-refractivity contribution in [3.05, 3.63) is 76.1 Å². The van der Waals surface area contributed by atoms with E-state index in [1.807, 2.05) is 10.9 Å². The molecule has 2 fully saturated rings. The van der Waals surface area contributed by atoms with Crippen LogP contribution in [-0.4, -0.2) is 44.8 Å². The van der Waals surface area contributed by atoms with Gasteiger partial charge in [-0.3, -0.25) is 14.3 Å². The van der Waals surface area contributed by atoms with E-state index in [0.717, 1.165) is 30.4 Å². The van der Waals surface area contributed by atoms with Gasteiger partial charge in [0.2, 0.25) is 5.91 Å². The van der Waals surface area contributed by atoms with Gasteiger partial charge in [0, 0.05) is 28.3 Å². The molecular weight excluding hydrogens is 611 g/mol. The number of aliphatic hydroxyl groups is 1. The zero-order chi connectivity index (χ0) is 32.1. The van der Waals surface area contributed by atoms with Gasteiger partial charge in [-0.25, -0.2) is 4.98 Å². The number of hydrogen-bond acceptors (Lipinski definition) is 6. The van der Waals surface area contributed by atoms with Gasteiger partial charge in [0.1, 0.15) is 22.6 Å². The first-order chi connectivity index (χ1) is 21.4. The Bertz CT molecular complexity index is 1780. The molecule has 236 valence electrons. The zero-order valence-corrected chi connectivity index (χ0v) is 25.1. The Morgan fingerprint density at radius 1 is 1.13 bits per heavy atom. The summed E-state index contributed by atoms with van der Waals surface area (Å²) in [5, 5.41) is 20.5. The second-order valence-electron chi connectivity index (χ2n) is 11.6. The summed E-state index contributed by atoms with van der Waals surface area (Å²) in [7, 11) is 0. The molecule has 9 nitrogen and oxygen atoms in total. The SMILES string of the molecule is CCOc1c(CC(N)=O)cc([C@@](O)(CNC(=O)c2cc(Cl)c3nn(C4CC4)cc3c2)C2CC2)nc1-c1ccc(C(F)(F)F)cc1. The van der Waals surface area contributed by atoms with Gasteiger partial charge in [0.15, 0.2) is 0 Å². The van der Waals surface area contributed by atoms with Crippen LogP contribution < -0.4 is 15.8 Å². The van der Waals surface area contributed by atoms with Crippen LogP contribution in [0.15, 0.2) is 48.7 Å². The van der Waals surface area contributed by atoms with Gasteiger partial charge in [0.05, 0.1) is 41.9 Å². The van der Waals surface area contributed by atoms with Crippen molar-refractivity contribution < 1.29 is 32.6 Å². The van der Waals surface area contributed by atoms with E-state index in [0.29, 0.717) is 40.5 Å². The summed E-state index contributed by atoms with van der Waals surface area (Å²) in [5.74, 6) is -1.24. The number of fused-ring (bicyclic) bond motifs is 1. The molecule has 2 amide bonds. The van der Waals surface area contributed by atoms with Crippen molar-refractivity contribution in [3.63, 3.8) is 0 Å². The van der Waals surface area contributed by atoms with Crippen LogP contribution in [0.2, 0.25) is 5.02 Å². The highest BCUT2D eigenvalue weighted by molar-refractivity contribution is 6.35. The van der Waals surface area contributed by atoms with Crippen LogP contribution in [0.4, 0.5) is 13.2 Å². The van der Waals surface area contributed by atoms with Gasteiger partial charge in [-0.2, -0.15) is 18.3 Å². The van der Waals surface area contributed by atoms with E-state index in [9.17, 15) is 27.9 Å². The van der Waals surface area contributed by atoms with E-state index < -0.39 is 29.2 Å². The Labute approximate surface area is 261 Å². The standard InChI is InChI=1S/C32H31ClF3N5O4/c1-2-45-29-18(14-26(37)42)13-25(39-28(29)17-3-5-22(6-4-17)32(34,35)36)31(44,21-7-8-21)16-38-30(43)19-11-20-15-41(23-9-10-23)40-27(20)24(33)12-19/h3-6,11-13,15,21,23,44H,2,7-10,14,16H2,1H3,(H2,37,42)(H,38,43)/t31-/m1/s1. The third kappa shape index (κ3) is 6.34. The minimum atomic E-state index is -4.54. The molecule has 2 aromatic carbocycles. The molecule has 4 aromatic rings. The molecule has 0 saturated heterocycles. The number of nitrogens with zero attached hydrogens (tertiary/aromatic N) is 3. The molecule has 45 heavy (non-hydrogen) atoms. The number of carbonyl (C=O) groups is 2. The molecule has 0 unspecified atom stereocenters. The van der Waals surface area contributed by atoms with Crippen molar-refractivity contribution in [3.8, 4) is 17.0 Å². The van der Waals surface area contributed by atoms with E-state index in [2.05, 4.69) is 10.4 Å². The number of carbonyl (C=O) groups excluding carboxylic acids is 2. The van der Waals surface area contributed by atoms with Crippen molar-refractivity contribution in [2.45, 2.75) is 56.8 Å². The van der Waals surface area contributed by atoms with Gasteiger partial charge in [-0.1, -0.05) is 23.7 Å². The topological polar surface area (TPSA) is 132 Å². The second kappa shape index (κ2) is 11.6. The third-order valence-corrected chi connectivity index (χ3v) is 8.45. The van der Waals surface area contributed by atoms with E-state index in [1.165, 1.54) is 24.3 Å². The van der Waals surface area contributed by atoms with Crippen molar-refractivity contribution in [1.82, 2.24) is 20.1 Å². The van der Waals surface area contributed by atoms with Crippen molar-refractivity contribution >= 4 is 34.3 Å². The molecule has 0 aliphatic heterocycles. The third-order valence-electron chi connectivity index (χ3n) is 8.17. The summed E-state index contributed by atoms with van der Waals surface area (Å²) < 4.78 is 47.5. The van der Waals surface area contributed by atoms with Crippen LogP contribution in [-0.2, 0) is 23.0 Å². The number of aromatic nitrogens is 3. The van der Waals surface area contributed by atoms with Gasteiger partial charge in [0.25, 0.3) is 5.91 Å². The summed E-state index contributed by atoms with van der Waals surface area (Å²) in [4.78, 5) is 30.1. The quantitative estimate of drug-likeness (QED) is 0.197. The molecule has 0 spiro atoms. The Kier molecular flexibility index (Phi) is 7.98. The smallest absolute Gasteiger partial charge is 0.416 e. The zero-order valence-electron chi connectivity index (χ0n) is 24.3. The Morgan fingerprint density at radius 2 is 1.84 bits per heavy atom. The average Bonchev–Trinajstić information content (AvgIpc) is 3.93. The normalized spacial score (nSPS) is 16.4. The Morgan fingerprint density at radius 3 is 2.44 bits per heavy atom. The number of hydrogen-bond donors (Lipinski definition) is 3. The molecule has 0 radical (unpaired) electrons. The van der Waals surface area contributed by atoms with Crippen LogP contribution in [0, 0.1) is 5.92 Å². The van der Waals surface area contributed by atoms with Crippen LogP contribution >= 0.6 is 11.6 Å². The maximum Gasteiger partial charge on any atom is 0.416 e. The molecule has 2 aromatic heterocycles. The van der Waals surface area contributed by atoms with E-state index >= 15 is 0 Å². The van der Waals surface area contributed by atoms with Crippen LogP contribution in [0.5, 0.6) is 5.75 Å². The number of nitrogens with two attached hydrogens (primary N) is 1.